The molecule has 39 heavy (non-hydrogen) atoms. The average molecular weight is 538 g/mol. The van der Waals surface area contributed by atoms with Crippen LogP contribution >= 0.6 is 0 Å². The zero-order valence-corrected chi connectivity index (χ0v) is 21.9. The SMILES string of the molecule is CN1CCN(c2cc(F)cc3c(=O)cc(C(=O)Nc4ccc(N5CCN(C(=O)CCO)CC5)cc4)oc23)CC1. The number of piperazine rings is 2. The minimum atomic E-state index is -0.577. The topological polar surface area (TPSA) is 110 Å². The number of halogens is 1. The number of aliphatic hydroxyl groups is 1. The van der Waals surface area contributed by atoms with Crippen LogP contribution in [0.2, 0.25) is 0 Å². The van der Waals surface area contributed by atoms with Gasteiger partial charge in [0.2, 0.25) is 5.91 Å². The first-order chi connectivity index (χ1) is 18.8. The van der Waals surface area contributed by atoms with Gasteiger partial charge in [-0.15, -0.1) is 0 Å². The number of rotatable bonds is 6. The molecule has 0 bridgehead atoms. The molecule has 11 heteroatoms. The maximum absolute atomic E-state index is 14.4. The molecule has 10 nitrogen and oxygen atoms in total. The number of hydrogen-bond acceptors (Lipinski definition) is 8. The second kappa shape index (κ2) is 11.4. The van der Waals surface area contributed by atoms with Gasteiger partial charge in [0.05, 0.1) is 17.7 Å². The molecule has 2 N–H and O–H groups in total. The van der Waals surface area contributed by atoms with Crippen molar-refractivity contribution in [3.8, 4) is 0 Å². The van der Waals surface area contributed by atoms with Crippen LogP contribution in [0.4, 0.5) is 21.5 Å². The van der Waals surface area contributed by atoms with Crippen LogP contribution in [0, 0.1) is 5.82 Å². The molecule has 3 aromatic rings. The van der Waals surface area contributed by atoms with Gasteiger partial charge in [-0.1, -0.05) is 0 Å². The van der Waals surface area contributed by atoms with Crippen LogP contribution < -0.4 is 20.5 Å². The van der Waals surface area contributed by atoms with Gasteiger partial charge in [-0.25, -0.2) is 4.39 Å². The maximum Gasteiger partial charge on any atom is 0.291 e. The first-order valence-corrected chi connectivity index (χ1v) is 13.1. The number of fused-ring (bicyclic) bond motifs is 1. The lowest BCUT2D eigenvalue weighted by Gasteiger charge is -2.36. The van der Waals surface area contributed by atoms with Crippen molar-refractivity contribution in [2.75, 3.05) is 81.1 Å². The van der Waals surface area contributed by atoms with E-state index in [0.29, 0.717) is 50.6 Å². The minimum Gasteiger partial charge on any atom is -0.448 e. The van der Waals surface area contributed by atoms with Crippen molar-refractivity contribution in [3.63, 3.8) is 0 Å². The number of nitrogens with zero attached hydrogens (tertiary/aromatic N) is 4. The highest BCUT2D eigenvalue weighted by atomic mass is 19.1. The standard InChI is InChI=1S/C28H32FN5O5/c1-31-7-9-33(10-8-31)23-17-19(29)16-22-24(36)18-25(39-27(22)23)28(38)30-20-2-4-21(5-3-20)32-11-13-34(14-12-32)26(37)6-15-35/h2-5,16-18,35H,6-15H2,1H3,(H,30,38). The number of amides is 2. The van der Waals surface area contributed by atoms with Gasteiger partial charge in [0.1, 0.15) is 5.82 Å². The van der Waals surface area contributed by atoms with Crippen molar-refractivity contribution in [1.29, 1.82) is 0 Å². The molecule has 2 aliphatic rings. The molecule has 0 spiro atoms. The molecule has 2 amide bonds. The van der Waals surface area contributed by atoms with E-state index in [0.717, 1.165) is 30.9 Å². The van der Waals surface area contributed by atoms with Gasteiger partial charge in [0.15, 0.2) is 16.8 Å². The first-order valence-electron chi connectivity index (χ1n) is 13.1. The lowest BCUT2D eigenvalue weighted by Crippen LogP contribution is -2.48. The maximum atomic E-state index is 14.4. The Kier molecular flexibility index (Phi) is 7.80. The van der Waals surface area contributed by atoms with Gasteiger partial charge in [-0.2, -0.15) is 0 Å². The highest BCUT2D eigenvalue weighted by Gasteiger charge is 2.23. The molecule has 2 saturated heterocycles. The fraction of sp³-hybridized carbons (Fsp3) is 0.393. The van der Waals surface area contributed by atoms with Crippen molar-refractivity contribution in [2.24, 2.45) is 0 Å². The first kappa shape index (κ1) is 26.6. The summed E-state index contributed by atoms with van der Waals surface area (Å²) < 4.78 is 20.3. The number of anilines is 3. The van der Waals surface area contributed by atoms with Crippen LogP contribution in [-0.2, 0) is 4.79 Å². The number of carbonyl (C=O) groups excluding carboxylic acids is 2. The van der Waals surface area contributed by atoms with Crippen LogP contribution in [-0.4, -0.2) is 92.7 Å². The Labute approximate surface area is 225 Å². The van der Waals surface area contributed by atoms with E-state index in [1.54, 1.807) is 17.0 Å². The van der Waals surface area contributed by atoms with E-state index in [4.69, 9.17) is 9.52 Å². The van der Waals surface area contributed by atoms with Gasteiger partial charge < -0.3 is 34.4 Å². The highest BCUT2D eigenvalue weighted by molar-refractivity contribution is 6.03. The third-order valence-corrected chi connectivity index (χ3v) is 7.29. The van der Waals surface area contributed by atoms with Crippen molar-refractivity contribution in [2.45, 2.75) is 6.42 Å². The fourth-order valence-corrected chi connectivity index (χ4v) is 5.02. The summed E-state index contributed by atoms with van der Waals surface area (Å²) in [5.41, 5.74) is 1.67. The van der Waals surface area contributed by atoms with Crippen LogP contribution in [0.1, 0.15) is 17.0 Å². The van der Waals surface area contributed by atoms with Crippen LogP contribution in [0.25, 0.3) is 11.0 Å². The Bertz CT molecular complexity index is 1410. The van der Waals surface area contributed by atoms with E-state index in [2.05, 4.69) is 15.1 Å². The monoisotopic (exact) mass is 537 g/mol. The van der Waals surface area contributed by atoms with Gasteiger partial charge in [0.25, 0.3) is 5.91 Å². The molecular formula is C28H32FN5O5. The highest BCUT2D eigenvalue weighted by Crippen LogP contribution is 2.29. The molecule has 2 aliphatic heterocycles. The third kappa shape index (κ3) is 5.89. The van der Waals surface area contributed by atoms with Crippen molar-refractivity contribution < 1.29 is 23.5 Å². The Balaban J connectivity index is 1.30. The van der Waals surface area contributed by atoms with Crippen LogP contribution in [0.3, 0.4) is 0 Å². The van der Waals surface area contributed by atoms with Crippen LogP contribution in [0.15, 0.2) is 51.7 Å². The Morgan fingerprint density at radius 2 is 1.62 bits per heavy atom. The van der Waals surface area contributed by atoms with Gasteiger partial charge in [-0.3, -0.25) is 14.4 Å². The average Bonchev–Trinajstić information content (AvgIpc) is 2.94. The number of aliphatic hydroxyl groups excluding tert-OH is 1. The lowest BCUT2D eigenvalue weighted by molar-refractivity contribution is -0.132. The number of benzene rings is 2. The summed E-state index contributed by atoms with van der Waals surface area (Å²) in [6.45, 7) is 5.22. The van der Waals surface area contributed by atoms with Gasteiger partial charge in [-0.05, 0) is 37.4 Å². The molecular weight excluding hydrogens is 505 g/mol. The summed E-state index contributed by atoms with van der Waals surface area (Å²) in [7, 11) is 2.01. The van der Waals surface area contributed by atoms with E-state index in [-0.39, 0.29) is 35.7 Å². The van der Waals surface area contributed by atoms with E-state index in [1.165, 1.54) is 6.07 Å². The van der Waals surface area contributed by atoms with Gasteiger partial charge >= 0.3 is 0 Å². The zero-order valence-electron chi connectivity index (χ0n) is 21.9. The molecule has 0 unspecified atom stereocenters. The quantitative estimate of drug-likeness (QED) is 0.491. The molecule has 0 radical (unpaired) electrons. The molecule has 5 rings (SSSR count). The summed E-state index contributed by atoms with van der Waals surface area (Å²) in [5.74, 6) is -1.30. The molecule has 3 heterocycles. The zero-order chi connectivity index (χ0) is 27.5. The normalized spacial score (nSPS) is 16.5. The van der Waals surface area contributed by atoms with Crippen molar-refractivity contribution in [3.05, 3.63) is 64.3 Å². The summed E-state index contributed by atoms with van der Waals surface area (Å²) >= 11 is 0. The molecule has 1 aromatic heterocycles. The number of nitrogens with one attached hydrogen (secondary N) is 1. The smallest absolute Gasteiger partial charge is 0.291 e. The summed E-state index contributed by atoms with van der Waals surface area (Å²) in [4.78, 5) is 45.9. The number of hydrogen-bond donors (Lipinski definition) is 2. The van der Waals surface area contributed by atoms with E-state index in [9.17, 15) is 18.8 Å². The molecule has 0 saturated carbocycles. The number of likely N-dealkylation sites (N-methyl/N-ethyl adjacent to an activating group) is 1. The van der Waals surface area contributed by atoms with E-state index >= 15 is 0 Å². The largest absolute Gasteiger partial charge is 0.448 e. The Hall–Kier alpha value is -3.96. The lowest BCUT2D eigenvalue weighted by atomic mass is 10.1. The Morgan fingerprint density at radius 3 is 2.28 bits per heavy atom. The predicted octanol–water partition coefficient (Wildman–Crippen LogP) is 1.97. The second-order valence-electron chi connectivity index (χ2n) is 9.91. The second-order valence-corrected chi connectivity index (χ2v) is 9.91. The predicted molar refractivity (Wildman–Crippen MR) is 147 cm³/mol. The third-order valence-electron chi connectivity index (χ3n) is 7.29. The molecule has 2 aromatic carbocycles. The van der Waals surface area contributed by atoms with E-state index < -0.39 is 17.2 Å². The number of carbonyl (C=O) groups is 2. The van der Waals surface area contributed by atoms with E-state index in [1.807, 2.05) is 24.1 Å². The van der Waals surface area contributed by atoms with Crippen molar-refractivity contribution in [1.82, 2.24) is 9.80 Å². The molecule has 206 valence electrons. The molecule has 2 fully saturated rings. The fourth-order valence-electron chi connectivity index (χ4n) is 5.02. The van der Waals surface area contributed by atoms with Crippen LogP contribution in [0.5, 0.6) is 0 Å². The van der Waals surface area contributed by atoms with Gasteiger partial charge in [0, 0.05) is 82.3 Å². The summed E-state index contributed by atoms with van der Waals surface area (Å²) in [6.07, 6.45) is 0.139. The molecule has 0 aliphatic carbocycles. The van der Waals surface area contributed by atoms with Crippen molar-refractivity contribution >= 4 is 39.8 Å². The minimum absolute atomic E-state index is 0.0451. The summed E-state index contributed by atoms with van der Waals surface area (Å²) in [6, 6.07) is 10.9. The molecule has 0 atom stereocenters. The summed E-state index contributed by atoms with van der Waals surface area (Å²) in [5, 5.41) is 11.8. The Morgan fingerprint density at radius 1 is 0.949 bits per heavy atom.